The van der Waals surface area contributed by atoms with Crippen LogP contribution >= 0.6 is 11.8 Å². The van der Waals surface area contributed by atoms with Gasteiger partial charge in [-0.3, -0.25) is 14.9 Å². The largest absolute Gasteiger partial charge is 0.492 e. The fraction of sp³-hybridized carbons (Fsp3) is 0.316. The van der Waals surface area contributed by atoms with Crippen LogP contribution in [-0.2, 0) is 10.5 Å². The molecule has 0 aliphatic rings. The number of hydrogen-bond donors (Lipinski definition) is 0. The van der Waals surface area contributed by atoms with Gasteiger partial charge in [-0.25, -0.2) is 0 Å². The van der Waals surface area contributed by atoms with Crippen LogP contribution in [0.4, 0.5) is 5.69 Å². The second kappa shape index (κ2) is 10.4. The highest BCUT2D eigenvalue weighted by molar-refractivity contribution is 7.99. The van der Waals surface area contributed by atoms with E-state index in [1.54, 1.807) is 24.1 Å². The Balaban J connectivity index is 1.75. The molecule has 0 spiro atoms. The number of rotatable bonds is 10. The molecule has 0 saturated carbocycles. The van der Waals surface area contributed by atoms with Crippen molar-refractivity contribution in [1.82, 2.24) is 4.90 Å². The third kappa shape index (κ3) is 6.49. The second-order valence-electron chi connectivity index (χ2n) is 5.73. The summed E-state index contributed by atoms with van der Waals surface area (Å²) in [6, 6.07) is 14.3. The number of likely N-dealkylation sites (N-methyl/N-ethyl adjacent to an activating group) is 1. The summed E-state index contributed by atoms with van der Waals surface area (Å²) >= 11 is 1.41. The minimum absolute atomic E-state index is 0.0142. The van der Waals surface area contributed by atoms with Gasteiger partial charge >= 0.3 is 5.69 Å². The van der Waals surface area contributed by atoms with Crippen LogP contribution in [0.25, 0.3) is 0 Å². The van der Waals surface area contributed by atoms with E-state index in [2.05, 4.69) is 0 Å². The zero-order valence-electron chi connectivity index (χ0n) is 15.3. The van der Waals surface area contributed by atoms with Gasteiger partial charge in [-0.05, 0) is 23.8 Å². The Hall–Kier alpha value is -2.74. The molecular formula is C19H22N2O5S. The first-order chi connectivity index (χ1) is 13.0. The molecule has 0 saturated heterocycles. The van der Waals surface area contributed by atoms with Crippen molar-refractivity contribution in [3.05, 3.63) is 64.2 Å². The smallest absolute Gasteiger partial charge is 0.311 e. The molecule has 0 bridgehead atoms. The first kappa shape index (κ1) is 20.6. The quantitative estimate of drug-likeness (QED) is 0.457. The highest BCUT2D eigenvalue weighted by atomic mass is 32.2. The van der Waals surface area contributed by atoms with Crippen LogP contribution < -0.4 is 9.47 Å². The molecule has 0 aliphatic heterocycles. The molecular weight excluding hydrogens is 368 g/mol. The molecule has 0 aromatic heterocycles. The summed E-state index contributed by atoms with van der Waals surface area (Å²) in [6.07, 6.45) is 0. The van der Waals surface area contributed by atoms with Crippen molar-refractivity contribution in [3.8, 4) is 11.5 Å². The Kier molecular flexibility index (Phi) is 7.94. The fourth-order valence-electron chi connectivity index (χ4n) is 2.28. The highest BCUT2D eigenvalue weighted by Gasteiger charge is 2.15. The number of para-hydroxylation sites is 1. The molecule has 0 aliphatic carbocycles. The summed E-state index contributed by atoms with van der Waals surface area (Å²) in [5.74, 6) is 1.78. The number of nitro groups is 1. The predicted octanol–water partition coefficient (Wildman–Crippen LogP) is 3.37. The number of methoxy groups -OCH3 is 1. The molecule has 0 unspecified atom stereocenters. The van der Waals surface area contributed by atoms with Crippen LogP contribution in [0.1, 0.15) is 5.56 Å². The molecule has 0 radical (unpaired) electrons. The minimum atomic E-state index is -0.474. The van der Waals surface area contributed by atoms with Crippen LogP contribution in [-0.4, -0.2) is 48.8 Å². The van der Waals surface area contributed by atoms with Crippen molar-refractivity contribution in [2.24, 2.45) is 0 Å². The Labute approximate surface area is 162 Å². The Morgan fingerprint density at radius 2 is 1.96 bits per heavy atom. The number of benzene rings is 2. The lowest BCUT2D eigenvalue weighted by Crippen LogP contribution is -2.32. The maximum atomic E-state index is 12.2. The zero-order valence-corrected chi connectivity index (χ0v) is 16.1. The highest BCUT2D eigenvalue weighted by Crippen LogP contribution is 2.29. The summed E-state index contributed by atoms with van der Waals surface area (Å²) in [5.41, 5.74) is 0.701. The van der Waals surface area contributed by atoms with E-state index < -0.39 is 4.92 Å². The summed E-state index contributed by atoms with van der Waals surface area (Å²) in [5, 5.41) is 11.1. The minimum Gasteiger partial charge on any atom is -0.492 e. The molecule has 144 valence electrons. The van der Waals surface area contributed by atoms with E-state index in [-0.39, 0.29) is 17.3 Å². The van der Waals surface area contributed by atoms with Crippen molar-refractivity contribution < 1.29 is 19.2 Å². The van der Waals surface area contributed by atoms with Gasteiger partial charge in [-0.15, -0.1) is 11.8 Å². The topological polar surface area (TPSA) is 81.9 Å². The monoisotopic (exact) mass is 390 g/mol. The number of carbonyl (C=O) groups is 1. The number of amides is 1. The maximum absolute atomic E-state index is 12.2. The standard InChI is InChI=1S/C19H22N2O5S/c1-20(10-11-26-16-6-4-3-5-7-16)19(22)14-27-13-15-8-9-18(25-2)17(12-15)21(23)24/h3-9,12H,10-11,13-14H2,1-2H3. The summed E-state index contributed by atoms with van der Waals surface area (Å²) in [6.45, 7) is 0.907. The molecule has 0 heterocycles. The van der Waals surface area contributed by atoms with Gasteiger partial charge in [-0.1, -0.05) is 24.3 Å². The lowest BCUT2D eigenvalue weighted by Gasteiger charge is -2.17. The van der Waals surface area contributed by atoms with Gasteiger partial charge in [0.1, 0.15) is 12.4 Å². The summed E-state index contributed by atoms with van der Waals surface area (Å²) < 4.78 is 10.6. The van der Waals surface area contributed by atoms with Crippen LogP contribution in [0.15, 0.2) is 48.5 Å². The number of hydrogen-bond acceptors (Lipinski definition) is 6. The van der Waals surface area contributed by atoms with Crippen molar-refractivity contribution >= 4 is 23.4 Å². The van der Waals surface area contributed by atoms with Gasteiger partial charge in [0.25, 0.3) is 0 Å². The summed E-state index contributed by atoms with van der Waals surface area (Å²) in [4.78, 5) is 24.4. The first-order valence-corrected chi connectivity index (χ1v) is 9.47. The molecule has 2 aromatic rings. The maximum Gasteiger partial charge on any atom is 0.311 e. The van der Waals surface area contributed by atoms with Gasteiger partial charge in [0.15, 0.2) is 5.75 Å². The van der Waals surface area contributed by atoms with Gasteiger partial charge in [0.05, 0.1) is 24.3 Å². The second-order valence-corrected chi connectivity index (χ2v) is 6.72. The van der Waals surface area contributed by atoms with E-state index in [4.69, 9.17) is 9.47 Å². The van der Waals surface area contributed by atoms with E-state index in [1.807, 2.05) is 30.3 Å². The number of carbonyl (C=O) groups excluding carboxylic acids is 1. The molecule has 2 rings (SSSR count). The van der Waals surface area contributed by atoms with Crippen LogP contribution in [0.3, 0.4) is 0 Å². The average Bonchev–Trinajstić information content (AvgIpc) is 2.68. The first-order valence-electron chi connectivity index (χ1n) is 8.32. The van der Waals surface area contributed by atoms with Gasteiger partial charge in [0, 0.05) is 18.9 Å². The third-order valence-electron chi connectivity index (χ3n) is 3.80. The van der Waals surface area contributed by atoms with Crippen LogP contribution in [0.2, 0.25) is 0 Å². The van der Waals surface area contributed by atoms with E-state index in [1.165, 1.54) is 24.9 Å². The lowest BCUT2D eigenvalue weighted by molar-refractivity contribution is -0.385. The molecule has 0 fully saturated rings. The number of nitro benzene ring substituents is 1. The van der Waals surface area contributed by atoms with Crippen molar-refractivity contribution in [1.29, 1.82) is 0 Å². The van der Waals surface area contributed by atoms with Crippen LogP contribution in [0, 0.1) is 10.1 Å². The van der Waals surface area contributed by atoms with Gasteiger partial charge in [0.2, 0.25) is 5.91 Å². The Morgan fingerprint density at radius 3 is 2.63 bits per heavy atom. The SMILES string of the molecule is COc1ccc(CSCC(=O)N(C)CCOc2ccccc2)cc1[N+](=O)[O-]. The molecule has 7 nitrogen and oxygen atoms in total. The summed E-state index contributed by atoms with van der Waals surface area (Å²) in [7, 11) is 3.13. The normalized spacial score (nSPS) is 10.3. The molecule has 2 aromatic carbocycles. The Morgan fingerprint density at radius 1 is 1.22 bits per heavy atom. The number of thioether (sulfide) groups is 1. The molecule has 0 atom stereocenters. The van der Waals surface area contributed by atoms with Gasteiger partial charge < -0.3 is 14.4 Å². The third-order valence-corrected chi connectivity index (χ3v) is 4.79. The van der Waals surface area contributed by atoms with Crippen molar-refractivity contribution in [3.63, 3.8) is 0 Å². The van der Waals surface area contributed by atoms with E-state index >= 15 is 0 Å². The predicted molar refractivity (Wildman–Crippen MR) is 105 cm³/mol. The van der Waals surface area contributed by atoms with Crippen molar-refractivity contribution in [2.75, 3.05) is 33.1 Å². The van der Waals surface area contributed by atoms with E-state index in [0.717, 1.165) is 11.3 Å². The number of ether oxygens (including phenoxy) is 2. The fourth-order valence-corrected chi connectivity index (χ4v) is 3.19. The molecule has 1 amide bonds. The van der Waals surface area contributed by atoms with E-state index in [0.29, 0.717) is 24.7 Å². The van der Waals surface area contributed by atoms with Crippen LogP contribution in [0.5, 0.6) is 11.5 Å². The molecule has 27 heavy (non-hydrogen) atoms. The average molecular weight is 390 g/mol. The van der Waals surface area contributed by atoms with Gasteiger partial charge in [-0.2, -0.15) is 0 Å². The van der Waals surface area contributed by atoms with E-state index in [9.17, 15) is 14.9 Å². The van der Waals surface area contributed by atoms with Crippen molar-refractivity contribution in [2.45, 2.75) is 5.75 Å². The molecule has 8 heteroatoms. The zero-order chi connectivity index (χ0) is 19.6. The number of nitrogens with zero attached hydrogens (tertiary/aromatic N) is 2. The molecule has 0 N–H and O–H groups in total. The lowest BCUT2D eigenvalue weighted by atomic mass is 10.2. The Bertz CT molecular complexity index is 770.